The van der Waals surface area contributed by atoms with E-state index in [4.69, 9.17) is 16.3 Å². The molecule has 14 heavy (non-hydrogen) atoms. The lowest BCUT2D eigenvalue weighted by atomic mass is 9.72. The molecule has 2 aliphatic heterocycles. The molecular formula is C12H19ClO. The first-order chi connectivity index (χ1) is 6.71. The predicted octanol–water partition coefficient (Wildman–Crippen LogP) is 3.35. The number of rotatable bonds is 0. The van der Waals surface area contributed by atoms with E-state index in [9.17, 15) is 0 Å². The summed E-state index contributed by atoms with van der Waals surface area (Å²) in [7, 11) is 0. The summed E-state index contributed by atoms with van der Waals surface area (Å²) in [6.07, 6.45) is 8.19. The summed E-state index contributed by atoms with van der Waals surface area (Å²) >= 11 is 6.39. The van der Waals surface area contributed by atoms with Crippen LogP contribution >= 0.6 is 11.6 Å². The molecule has 0 aromatic rings. The molecule has 2 saturated heterocycles. The molecule has 80 valence electrons. The van der Waals surface area contributed by atoms with Crippen LogP contribution in [0, 0.1) is 11.8 Å². The summed E-state index contributed by atoms with van der Waals surface area (Å²) in [6, 6.07) is 0. The molecule has 2 heteroatoms. The molecule has 3 rings (SSSR count). The second kappa shape index (κ2) is 3.12. The Morgan fingerprint density at radius 2 is 2.14 bits per heavy atom. The monoisotopic (exact) mass is 214 g/mol. The number of alkyl halides is 1. The molecule has 2 heterocycles. The van der Waals surface area contributed by atoms with Gasteiger partial charge in [-0.2, -0.15) is 0 Å². The molecule has 0 amide bonds. The molecule has 1 spiro atoms. The van der Waals surface area contributed by atoms with Crippen molar-refractivity contribution in [2.45, 2.75) is 62.5 Å². The highest BCUT2D eigenvalue weighted by molar-refractivity contribution is 6.21. The third kappa shape index (κ3) is 1.18. The Morgan fingerprint density at radius 1 is 1.29 bits per heavy atom. The van der Waals surface area contributed by atoms with E-state index in [0.717, 1.165) is 5.92 Å². The van der Waals surface area contributed by atoms with Gasteiger partial charge in [-0.25, -0.2) is 0 Å². The highest BCUT2D eigenvalue weighted by atomic mass is 35.5. The lowest BCUT2D eigenvalue weighted by Crippen LogP contribution is -2.54. The van der Waals surface area contributed by atoms with Crippen LogP contribution in [0.25, 0.3) is 0 Å². The van der Waals surface area contributed by atoms with Gasteiger partial charge in [0.2, 0.25) is 0 Å². The van der Waals surface area contributed by atoms with Gasteiger partial charge in [0.25, 0.3) is 0 Å². The van der Waals surface area contributed by atoms with E-state index in [0.29, 0.717) is 12.0 Å². The minimum absolute atomic E-state index is 0.258. The summed E-state index contributed by atoms with van der Waals surface area (Å²) < 4.78 is 6.28. The van der Waals surface area contributed by atoms with E-state index < -0.39 is 0 Å². The minimum atomic E-state index is 0.258. The second-order valence-electron chi connectivity index (χ2n) is 5.51. The zero-order valence-electron chi connectivity index (χ0n) is 8.84. The highest BCUT2D eigenvalue weighted by Crippen LogP contribution is 2.54. The first-order valence-corrected chi connectivity index (χ1v) is 6.47. The zero-order chi connectivity index (χ0) is 9.76. The van der Waals surface area contributed by atoms with Gasteiger partial charge in [-0.15, -0.1) is 11.6 Å². The van der Waals surface area contributed by atoms with Crippen LogP contribution in [-0.2, 0) is 4.74 Å². The molecular weight excluding hydrogens is 196 g/mol. The van der Waals surface area contributed by atoms with E-state index in [1.807, 2.05) is 0 Å². The van der Waals surface area contributed by atoms with Gasteiger partial charge in [0.1, 0.15) is 0 Å². The summed E-state index contributed by atoms with van der Waals surface area (Å²) in [5.41, 5.74) is 0.258. The molecule has 3 aliphatic rings. The molecule has 1 nitrogen and oxygen atoms in total. The first kappa shape index (κ1) is 9.47. The van der Waals surface area contributed by atoms with Crippen LogP contribution in [0.3, 0.4) is 0 Å². The Hall–Kier alpha value is 0.250. The predicted molar refractivity (Wildman–Crippen MR) is 57.6 cm³/mol. The second-order valence-corrected chi connectivity index (χ2v) is 6.02. The zero-order valence-corrected chi connectivity index (χ0v) is 9.59. The first-order valence-electron chi connectivity index (χ1n) is 6.03. The lowest BCUT2D eigenvalue weighted by molar-refractivity contribution is -0.189. The molecule has 3 fully saturated rings. The van der Waals surface area contributed by atoms with Gasteiger partial charge in [0, 0.05) is 0 Å². The Morgan fingerprint density at radius 3 is 3.00 bits per heavy atom. The fraction of sp³-hybridized carbons (Fsp3) is 1.00. The van der Waals surface area contributed by atoms with Crippen molar-refractivity contribution in [1.82, 2.24) is 0 Å². The van der Waals surface area contributed by atoms with Crippen LogP contribution in [0.1, 0.15) is 45.4 Å². The van der Waals surface area contributed by atoms with E-state index in [1.54, 1.807) is 0 Å². The average molecular weight is 215 g/mol. The summed E-state index contributed by atoms with van der Waals surface area (Å²) in [5, 5.41) is 0.266. The molecule has 5 atom stereocenters. The maximum Gasteiger partial charge on any atom is 0.0749 e. The van der Waals surface area contributed by atoms with Crippen molar-refractivity contribution in [2.24, 2.45) is 11.8 Å². The largest absolute Gasteiger partial charge is 0.370 e. The van der Waals surface area contributed by atoms with Crippen molar-refractivity contribution in [3.63, 3.8) is 0 Å². The maximum atomic E-state index is 6.39. The van der Waals surface area contributed by atoms with Crippen molar-refractivity contribution in [2.75, 3.05) is 0 Å². The fourth-order valence-corrected chi connectivity index (χ4v) is 4.23. The summed E-state index contributed by atoms with van der Waals surface area (Å²) in [5.74, 6) is 1.50. The minimum Gasteiger partial charge on any atom is -0.370 e. The summed E-state index contributed by atoms with van der Waals surface area (Å²) in [6.45, 7) is 2.30. The van der Waals surface area contributed by atoms with Crippen LogP contribution in [0.2, 0.25) is 0 Å². The molecule has 2 bridgehead atoms. The number of ether oxygens (including phenoxy) is 1. The smallest absolute Gasteiger partial charge is 0.0749 e. The lowest BCUT2D eigenvalue weighted by Gasteiger charge is -2.51. The summed E-state index contributed by atoms with van der Waals surface area (Å²) in [4.78, 5) is 0. The maximum absolute atomic E-state index is 6.39. The number of fused-ring (bicyclic) bond motifs is 1. The molecule has 0 aromatic heterocycles. The van der Waals surface area contributed by atoms with Crippen LogP contribution < -0.4 is 0 Å². The third-order valence-electron chi connectivity index (χ3n) is 4.65. The number of hydrogen-bond donors (Lipinski definition) is 0. The topological polar surface area (TPSA) is 9.23 Å². The van der Waals surface area contributed by atoms with E-state index in [-0.39, 0.29) is 11.0 Å². The van der Waals surface area contributed by atoms with Gasteiger partial charge in [-0.1, -0.05) is 13.3 Å². The molecule has 0 aromatic carbocycles. The van der Waals surface area contributed by atoms with E-state index in [1.165, 1.54) is 38.5 Å². The van der Waals surface area contributed by atoms with Gasteiger partial charge >= 0.3 is 0 Å². The molecule has 0 radical (unpaired) electrons. The van der Waals surface area contributed by atoms with Crippen LogP contribution in [0.15, 0.2) is 0 Å². The van der Waals surface area contributed by atoms with Crippen molar-refractivity contribution in [1.29, 1.82) is 0 Å². The van der Waals surface area contributed by atoms with Crippen molar-refractivity contribution in [3.8, 4) is 0 Å². The molecule has 0 unspecified atom stereocenters. The number of halogens is 1. The Balaban J connectivity index is 1.89. The van der Waals surface area contributed by atoms with Crippen LogP contribution in [0.5, 0.6) is 0 Å². The van der Waals surface area contributed by atoms with Crippen molar-refractivity contribution < 1.29 is 4.74 Å². The van der Waals surface area contributed by atoms with Crippen LogP contribution in [-0.4, -0.2) is 17.1 Å². The molecule has 0 N–H and O–H groups in total. The van der Waals surface area contributed by atoms with E-state index >= 15 is 0 Å². The van der Waals surface area contributed by atoms with Gasteiger partial charge in [0.05, 0.1) is 17.1 Å². The van der Waals surface area contributed by atoms with E-state index in [2.05, 4.69) is 6.92 Å². The van der Waals surface area contributed by atoms with Crippen molar-refractivity contribution >= 4 is 11.6 Å². The van der Waals surface area contributed by atoms with Gasteiger partial charge < -0.3 is 4.74 Å². The standard InChI is InChI=1S/C12H19ClO/c1-8-7-12-6-2-3-9(12)4-5-10(14-12)11(8)13/h8-11H,2-7H2,1H3/t8-,9+,10-,11-,12-/m0/s1. The van der Waals surface area contributed by atoms with Crippen molar-refractivity contribution in [3.05, 3.63) is 0 Å². The highest BCUT2D eigenvalue weighted by Gasteiger charge is 2.54. The number of hydrogen-bond acceptors (Lipinski definition) is 1. The Labute approximate surface area is 91.2 Å². The van der Waals surface area contributed by atoms with Gasteiger partial charge in [-0.3, -0.25) is 0 Å². The quantitative estimate of drug-likeness (QED) is 0.562. The normalized spacial score (nSPS) is 57.0. The van der Waals surface area contributed by atoms with Gasteiger partial charge in [-0.05, 0) is 43.9 Å². The Kier molecular flexibility index (Phi) is 2.11. The third-order valence-corrected chi connectivity index (χ3v) is 5.36. The Bertz CT molecular complexity index is 238. The molecule has 1 aliphatic carbocycles. The average Bonchev–Trinajstić information content (AvgIpc) is 2.56. The fourth-order valence-electron chi connectivity index (χ4n) is 3.97. The SMILES string of the molecule is C[C@H]1C[C@@]23CCC[C@@H]2CC[C@H](O3)[C@H]1Cl. The van der Waals surface area contributed by atoms with Gasteiger partial charge in [0.15, 0.2) is 0 Å². The van der Waals surface area contributed by atoms with Crippen LogP contribution in [0.4, 0.5) is 0 Å². The molecule has 1 saturated carbocycles.